The van der Waals surface area contributed by atoms with Gasteiger partial charge in [-0.2, -0.15) is 32.8 Å². The molecule has 43 heteroatoms. The van der Waals surface area contributed by atoms with E-state index in [0.29, 0.717) is 13.0 Å². The zero-order valence-corrected chi connectivity index (χ0v) is 69.1. The number of sulfone groups is 4. The number of aromatic nitrogens is 14. The molecule has 5 aromatic carbocycles. The second kappa shape index (κ2) is 39.0. The molecule has 0 amide bonds. The molecule has 3 N–H and O–H groups in total. The summed E-state index contributed by atoms with van der Waals surface area (Å²) in [6.07, 6.45) is 20.1. The fourth-order valence-corrected chi connectivity index (χ4v) is 23.5. The van der Waals surface area contributed by atoms with Crippen molar-refractivity contribution in [2.75, 3.05) is 26.2 Å². The van der Waals surface area contributed by atoms with E-state index in [2.05, 4.69) is 82.7 Å². The Morgan fingerprint density at radius 2 is 0.712 bits per heavy atom. The van der Waals surface area contributed by atoms with Gasteiger partial charge < -0.3 is 0 Å². The molecule has 0 unspecified atom stereocenters. The van der Waals surface area contributed by atoms with Gasteiger partial charge in [0.2, 0.25) is 0 Å². The van der Waals surface area contributed by atoms with Crippen LogP contribution in [0.15, 0.2) is 161 Å². The van der Waals surface area contributed by atoms with Crippen LogP contribution in [0.4, 0.5) is 39.5 Å². The van der Waals surface area contributed by atoms with Crippen LogP contribution in [0.25, 0.3) is 0 Å². The van der Waals surface area contributed by atoms with Gasteiger partial charge in [-0.25, -0.2) is 93.1 Å². The number of H-pyrrole nitrogens is 3. The summed E-state index contributed by atoms with van der Waals surface area (Å²) in [6, 6.07) is 19.9. The predicted molar refractivity (Wildman–Crippen MR) is 419 cm³/mol. The first kappa shape index (κ1) is 86.8. The number of aromatic amines is 3. The molecule has 0 radical (unpaired) electrons. The molecule has 0 bridgehead atoms. The smallest absolute Gasteiger partial charge is 0.187 e. The fraction of sp³-hybridized carbons (Fsp3) is 0.373. The van der Waals surface area contributed by atoms with E-state index >= 15 is 0 Å². The molecule has 5 atom stereocenters. The van der Waals surface area contributed by atoms with Crippen molar-refractivity contribution in [2.45, 2.75) is 170 Å². The maximum atomic E-state index is 14.8. The van der Waals surface area contributed by atoms with Gasteiger partial charge >= 0.3 is 0 Å². The van der Waals surface area contributed by atoms with Gasteiger partial charge in [-0.15, -0.1) is 0 Å². The van der Waals surface area contributed by atoms with Gasteiger partial charge in [-0.3, -0.25) is 34.9 Å². The number of likely N-dealkylation sites (tertiary alicyclic amines) is 4. The Kier molecular flexibility index (Phi) is 28.7. The fourth-order valence-electron chi connectivity index (χ4n) is 14.7. The van der Waals surface area contributed by atoms with Crippen LogP contribution in [-0.2, 0) is 88.5 Å². The lowest BCUT2D eigenvalue weighted by Crippen LogP contribution is -2.37. The van der Waals surface area contributed by atoms with Crippen LogP contribution >= 0.6 is 46.1 Å². The van der Waals surface area contributed by atoms with E-state index in [1.54, 1.807) is 18.6 Å². The minimum atomic E-state index is -4.12. The lowest BCUT2D eigenvalue weighted by Gasteiger charge is -2.37. The van der Waals surface area contributed by atoms with Crippen LogP contribution in [0.2, 0.25) is 0 Å². The zero-order valence-electron chi connectivity index (χ0n) is 62.6. The van der Waals surface area contributed by atoms with Crippen molar-refractivity contribution in [2.24, 2.45) is 0 Å². The van der Waals surface area contributed by atoms with Gasteiger partial charge in [0.1, 0.15) is 141 Å². The summed E-state index contributed by atoms with van der Waals surface area (Å²) in [4.78, 5) is 20.6. The third-order valence-corrected chi connectivity index (χ3v) is 30.4. The summed E-state index contributed by atoms with van der Waals surface area (Å²) in [5.41, 5.74) is 4.19. The molecule has 0 aliphatic carbocycles. The van der Waals surface area contributed by atoms with Crippen LogP contribution in [0.1, 0.15) is 160 Å². The first-order valence-corrected chi connectivity index (χ1v) is 46.8. The molecule has 626 valence electrons. The highest BCUT2D eigenvalue weighted by Gasteiger charge is 2.36. The first-order chi connectivity index (χ1) is 56.6. The minimum Gasteiger partial charge on any atom is -0.292 e. The van der Waals surface area contributed by atoms with Crippen LogP contribution in [0, 0.1) is 46.5 Å². The summed E-state index contributed by atoms with van der Waals surface area (Å²) in [5, 5.41) is 21.5. The average molecular weight is 1790 g/mol. The number of hydrogen-bond donors (Lipinski definition) is 3. The molecule has 4 saturated heterocycles. The quantitative estimate of drug-likeness (QED) is 0.0473. The largest absolute Gasteiger partial charge is 0.292 e. The van der Waals surface area contributed by atoms with Crippen molar-refractivity contribution in [3.05, 3.63) is 252 Å². The maximum Gasteiger partial charge on any atom is 0.187 e. The first-order valence-electron chi connectivity index (χ1n) is 37.1. The lowest BCUT2D eigenvalue weighted by atomic mass is 9.93. The molecule has 11 heterocycles. The molecule has 7 aromatic heterocycles. The van der Waals surface area contributed by atoms with E-state index in [1.165, 1.54) is 25.3 Å². The summed E-state index contributed by atoms with van der Waals surface area (Å²) in [6.45, 7) is 3.21. The van der Waals surface area contributed by atoms with Crippen molar-refractivity contribution in [3.8, 4) is 0 Å². The number of nitrogens with one attached hydrogen (secondary N) is 3. The van der Waals surface area contributed by atoms with Crippen molar-refractivity contribution in [1.82, 2.24) is 87.6 Å². The highest BCUT2D eigenvalue weighted by molar-refractivity contribution is 7.91. The zero-order chi connectivity index (χ0) is 83.3. The molecule has 4 fully saturated rings. The van der Waals surface area contributed by atoms with Crippen LogP contribution in [0.3, 0.4) is 0 Å². The SMILES string of the molecule is O=S(=O)(Cc1ncns1)c1cc(F)c(CN2CCCC[C@@H]2c2ccn[nH]2)cc1F.O=S(=O)(Cc1ncns1)c1cc(F)c(CN2CCCC[C@H]2c2ccn[nH]2)cc1F.O=S(=O)(Cc1ncns1)c1cc(F)c(CN2CCCC[C@H]2c2cn[nH]c2)cc1F.O=S(=O)(Cc1ncns1)c1cc(F)c(CN2CC[C@@H](F)C[C@H]2c2ccccc2)cc1F. The number of benzene rings is 5. The van der Waals surface area contributed by atoms with Crippen molar-refractivity contribution < 1.29 is 73.2 Å². The maximum absolute atomic E-state index is 14.8. The van der Waals surface area contributed by atoms with E-state index in [-0.39, 0.29) is 99.1 Å². The molecule has 26 nitrogen and oxygen atoms in total. The highest BCUT2D eigenvalue weighted by Crippen LogP contribution is 2.39. The normalized spacial score (nSPS) is 18.7. The Bertz CT molecular complexity index is 5360. The Morgan fingerprint density at radius 3 is 1.03 bits per heavy atom. The van der Waals surface area contributed by atoms with Crippen LogP contribution in [-0.4, -0.2) is 154 Å². The molecular weight excluding hydrogens is 1710 g/mol. The van der Waals surface area contributed by atoms with E-state index < -0.39 is 135 Å². The van der Waals surface area contributed by atoms with Crippen molar-refractivity contribution >= 4 is 85.5 Å². The molecule has 0 saturated carbocycles. The van der Waals surface area contributed by atoms with E-state index in [9.17, 15) is 73.2 Å². The van der Waals surface area contributed by atoms with E-state index in [4.69, 9.17) is 0 Å². The summed E-state index contributed by atoms with van der Waals surface area (Å²) < 4.78 is 247. The number of nitrogens with zero attached hydrogens (tertiary/aromatic N) is 15. The van der Waals surface area contributed by atoms with Crippen molar-refractivity contribution in [1.29, 1.82) is 0 Å². The lowest BCUT2D eigenvalue weighted by molar-refractivity contribution is 0.0825. The van der Waals surface area contributed by atoms with Gasteiger partial charge in [0, 0.05) is 91.2 Å². The molecule has 4 aliphatic heterocycles. The molecule has 0 spiro atoms. The predicted octanol–water partition coefficient (Wildman–Crippen LogP) is 14.2. The second-order valence-electron chi connectivity index (χ2n) is 28.4. The van der Waals surface area contributed by atoms with E-state index in [1.807, 2.05) is 53.6 Å². The van der Waals surface area contributed by atoms with Gasteiger partial charge in [-0.1, -0.05) is 49.6 Å². The number of rotatable bonds is 24. The van der Waals surface area contributed by atoms with Crippen LogP contribution in [0.5, 0.6) is 0 Å². The van der Waals surface area contributed by atoms with E-state index in [0.717, 1.165) is 195 Å². The number of hydrogen-bond acceptors (Lipinski definition) is 27. The standard InChI is InChI=1S/C21H20F3N3O2S2.3C18H19F2N5O2S2/c22-16-6-7-27(19(9-16)14-4-2-1-3-5-14)11-15-8-18(24)20(10-17(15)23)31(28,29)12-21-25-13-26-30-21;2*19-13-8-17(29(26,27)10-18-21-11-23-28-18)14(20)7-12(13)9-25-6-2-1-3-16(25)15-4-5-22-24-15;19-14-6-17(29(26,27)10-18-21-11-24-28-18)15(20)5-12(14)9-25-4-2-1-3-16(25)13-7-22-23-8-13/h1-5,8,10,13,16,19H,6-7,9,11-12H2;2*4-5,7-8,11,16H,1-3,6,9-10H2,(H,22,24);5-8,11,16H,1-4,9-10H2,(H,22,23)/t16-,19+;3*16-/m1100/s1. The Hall–Kier alpha value is -9.02. The molecule has 16 rings (SSSR count). The summed E-state index contributed by atoms with van der Waals surface area (Å²) in [7, 11) is -16.3. The van der Waals surface area contributed by atoms with Gasteiger partial charge in [0.25, 0.3) is 0 Å². The number of alkyl halides is 1. The topological polar surface area (TPSA) is 339 Å². The number of halogens is 9. The highest BCUT2D eigenvalue weighted by atomic mass is 32.2. The van der Waals surface area contributed by atoms with Crippen LogP contribution < -0.4 is 0 Å². The second-order valence-corrected chi connectivity index (χ2v) is 39.7. The Labute approximate surface area is 689 Å². The van der Waals surface area contributed by atoms with Crippen molar-refractivity contribution in [3.63, 3.8) is 0 Å². The number of piperidine rings is 4. The van der Waals surface area contributed by atoms with Gasteiger partial charge in [0.15, 0.2) is 39.3 Å². The third-order valence-electron chi connectivity index (χ3n) is 20.5. The van der Waals surface area contributed by atoms with Gasteiger partial charge in [0.05, 0.1) is 29.7 Å². The Balaban J connectivity index is 0.000000136. The third kappa shape index (κ3) is 21.9. The molecule has 118 heavy (non-hydrogen) atoms. The van der Waals surface area contributed by atoms with Gasteiger partial charge in [-0.05, 0) is 183 Å². The summed E-state index contributed by atoms with van der Waals surface area (Å²) in [5.74, 6) is -9.00. The summed E-state index contributed by atoms with van der Waals surface area (Å²) >= 11 is 3.61. The minimum absolute atomic E-state index is 0.0330. The molecule has 4 aliphatic rings. The Morgan fingerprint density at radius 1 is 0.373 bits per heavy atom. The molecule has 12 aromatic rings. The average Bonchev–Trinajstić information content (AvgIpc) is 1.08. The monoisotopic (exact) mass is 1780 g/mol. The molecular formula is C75H77F9N18O8S8.